The van der Waals surface area contributed by atoms with Crippen molar-refractivity contribution in [2.24, 2.45) is 0 Å². The van der Waals surface area contributed by atoms with Gasteiger partial charge in [-0.25, -0.2) is 0 Å². The number of benzene rings is 2. The van der Waals surface area contributed by atoms with E-state index in [9.17, 15) is 10.1 Å². The van der Waals surface area contributed by atoms with E-state index in [-0.39, 0.29) is 11.7 Å². The van der Waals surface area contributed by atoms with E-state index in [4.69, 9.17) is 4.42 Å². The predicted molar refractivity (Wildman–Crippen MR) is 87.9 cm³/mol. The van der Waals surface area contributed by atoms with Crippen molar-refractivity contribution in [2.75, 3.05) is 4.90 Å². The molecule has 4 rings (SSSR count). The van der Waals surface area contributed by atoms with Crippen molar-refractivity contribution < 1.29 is 9.21 Å². The number of carbonyl (C=O) groups is 1. The van der Waals surface area contributed by atoms with Crippen LogP contribution < -0.4 is 4.90 Å². The molecule has 1 amide bonds. The predicted octanol–water partition coefficient (Wildman–Crippen LogP) is 4.00. The van der Waals surface area contributed by atoms with E-state index < -0.39 is 6.04 Å². The van der Waals surface area contributed by atoms with E-state index in [1.807, 2.05) is 42.5 Å². The lowest BCUT2D eigenvalue weighted by Gasteiger charge is -2.30. The molecule has 0 radical (unpaired) electrons. The van der Waals surface area contributed by atoms with Gasteiger partial charge in [-0.05, 0) is 35.0 Å². The van der Waals surface area contributed by atoms with Crippen molar-refractivity contribution in [2.45, 2.75) is 6.04 Å². The Hall–Kier alpha value is -3.32. The quantitative estimate of drug-likeness (QED) is 0.682. The second-order valence-electron chi connectivity index (χ2n) is 5.31. The lowest BCUT2D eigenvalue weighted by Crippen LogP contribution is -2.40. The molecule has 0 N–H and O–H groups in total. The van der Waals surface area contributed by atoms with Crippen LogP contribution in [-0.2, 0) is 0 Å². The van der Waals surface area contributed by atoms with Gasteiger partial charge in [0.2, 0.25) is 0 Å². The highest BCUT2D eigenvalue weighted by Crippen LogP contribution is 2.35. The summed E-state index contributed by atoms with van der Waals surface area (Å²) in [6.07, 6.45) is 5.11. The van der Waals surface area contributed by atoms with Crippen LogP contribution in [0.5, 0.6) is 0 Å². The minimum absolute atomic E-state index is 0.222. The van der Waals surface area contributed by atoms with Gasteiger partial charge in [0.15, 0.2) is 5.76 Å². The average molecular weight is 300 g/mol. The van der Waals surface area contributed by atoms with E-state index in [0.717, 1.165) is 22.0 Å². The third kappa shape index (κ3) is 2.02. The van der Waals surface area contributed by atoms with Gasteiger partial charge in [-0.1, -0.05) is 36.4 Å². The molecule has 1 aliphatic rings. The molecule has 4 nitrogen and oxygen atoms in total. The molecule has 23 heavy (non-hydrogen) atoms. The maximum atomic E-state index is 12.8. The van der Waals surface area contributed by atoms with Crippen LogP contribution in [0.15, 0.2) is 65.3 Å². The molecule has 0 aliphatic carbocycles. The average Bonchev–Trinajstić information content (AvgIpc) is 3.14. The summed E-state index contributed by atoms with van der Waals surface area (Å²) < 4.78 is 5.22. The van der Waals surface area contributed by atoms with Gasteiger partial charge in [-0.3, -0.25) is 9.69 Å². The van der Waals surface area contributed by atoms with Crippen LogP contribution in [0.1, 0.15) is 16.1 Å². The van der Waals surface area contributed by atoms with Crippen molar-refractivity contribution in [3.8, 4) is 6.07 Å². The van der Waals surface area contributed by atoms with Gasteiger partial charge >= 0.3 is 0 Å². The minimum atomic E-state index is -0.652. The summed E-state index contributed by atoms with van der Waals surface area (Å²) in [5.74, 6) is -0.0953. The zero-order valence-corrected chi connectivity index (χ0v) is 12.1. The Kier molecular flexibility index (Phi) is 2.99. The van der Waals surface area contributed by atoms with Gasteiger partial charge in [-0.2, -0.15) is 5.26 Å². The molecular weight excluding hydrogens is 288 g/mol. The van der Waals surface area contributed by atoms with Crippen molar-refractivity contribution in [3.63, 3.8) is 0 Å². The van der Waals surface area contributed by atoms with Gasteiger partial charge in [0.1, 0.15) is 6.04 Å². The molecule has 0 saturated heterocycles. The molecule has 1 aliphatic heterocycles. The number of fused-ring (bicyclic) bond motifs is 3. The largest absolute Gasteiger partial charge is 0.459 e. The van der Waals surface area contributed by atoms with E-state index in [2.05, 4.69) is 6.07 Å². The van der Waals surface area contributed by atoms with Crippen molar-refractivity contribution in [1.82, 2.24) is 0 Å². The van der Waals surface area contributed by atoms with E-state index in [0.29, 0.717) is 0 Å². The highest BCUT2D eigenvalue weighted by molar-refractivity contribution is 6.10. The first-order valence-corrected chi connectivity index (χ1v) is 7.26. The van der Waals surface area contributed by atoms with Crippen molar-refractivity contribution in [3.05, 3.63) is 72.2 Å². The topological polar surface area (TPSA) is 57.2 Å². The number of rotatable bonds is 1. The second kappa shape index (κ2) is 5.15. The number of hydrogen-bond donors (Lipinski definition) is 0. The normalized spacial score (nSPS) is 16.1. The maximum absolute atomic E-state index is 12.8. The molecule has 110 valence electrons. The van der Waals surface area contributed by atoms with E-state index in [1.165, 1.54) is 11.2 Å². The van der Waals surface area contributed by atoms with Crippen LogP contribution in [0.4, 0.5) is 5.69 Å². The standard InChI is InChI=1S/C19H12N2O2/c20-12-14-8-9-16-15-5-2-1-4-13(15)7-10-17(16)21(14)19(22)18-6-3-11-23-18/h1-11,14H. The van der Waals surface area contributed by atoms with Crippen LogP contribution in [0.3, 0.4) is 0 Å². The summed E-state index contributed by atoms with van der Waals surface area (Å²) >= 11 is 0. The smallest absolute Gasteiger partial charge is 0.295 e. The Morgan fingerprint density at radius 2 is 2.00 bits per heavy atom. The maximum Gasteiger partial charge on any atom is 0.295 e. The van der Waals surface area contributed by atoms with Gasteiger partial charge in [0.25, 0.3) is 5.91 Å². The third-order valence-electron chi connectivity index (χ3n) is 4.01. The fraction of sp³-hybridized carbons (Fsp3) is 0.0526. The number of furan rings is 1. The van der Waals surface area contributed by atoms with Crippen LogP contribution in [-0.4, -0.2) is 11.9 Å². The highest BCUT2D eigenvalue weighted by Gasteiger charge is 2.30. The Balaban J connectivity index is 1.93. The molecule has 2 aromatic carbocycles. The Morgan fingerprint density at radius 1 is 1.13 bits per heavy atom. The van der Waals surface area contributed by atoms with Crippen molar-refractivity contribution >= 4 is 28.4 Å². The Bertz CT molecular complexity index is 965. The number of anilines is 1. The number of carbonyl (C=O) groups excluding carboxylic acids is 1. The van der Waals surface area contributed by atoms with E-state index in [1.54, 1.807) is 18.2 Å². The highest BCUT2D eigenvalue weighted by atomic mass is 16.3. The zero-order valence-electron chi connectivity index (χ0n) is 12.1. The first-order chi connectivity index (χ1) is 11.3. The minimum Gasteiger partial charge on any atom is -0.459 e. The summed E-state index contributed by atoms with van der Waals surface area (Å²) in [5.41, 5.74) is 1.66. The van der Waals surface area contributed by atoms with Gasteiger partial charge < -0.3 is 4.42 Å². The summed E-state index contributed by atoms with van der Waals surface area (Å²) in [6, 6.07) is 16.6. The van der Waals surface area contributed by atoms with Gasteiger partial charge in [-0.15, -0.1) is 0 Å². The molecule has 1 aromatic heterocycles. The monoisotopic (exact) mass is 300 g/mol. The summed E-state index contributed by atoms with van der Waals surface area (Å²) in [7, 11) is 0. The molecule has 1 unspecified atom stereocenters. The summed E-state index contributed by atoms with van der Waals surface area (Å²) in [6.45, 7) is 0. The van der Waals surface area contributed by atoms with Crippen LogP contribution in [0.2, 0.25) is 0 Å². The van der Waals surface area contributed by atoms with E-state index >= 15 is 0 Å². The molecule has 0 saturated carbocycles. The molecular formula is C19H12N2O2. The molecule has 3 aromatic rings. The molecule has 0 spiro atoms. The molecule has 0 fully saturated rings. The first-order valence-electron chi connectivity index (χ1n) is 7.26. The summed E-state index contributed by atoms with van der Waals surface area (Å²) in [4.78, 5) is 14.3. The lowest BCUT2D eigenvalue weighted by atomic mass is 9.96. The Labute approximate surface area is 132 Å². The molecule has 4 heteroatoms. The van der Waals surface area contributed by atoms with Gasteiger partial charge in [0.05, 0.1) is 18.0 Å². The number of hydrogen-bond acceptors (Lipinski definition) is 3. The van der Waals surface area contributed by atoms with Crippen LogP contribution in [0.25, 0.3) is 16.8 Å². The van der Waals surface area contributed by atoms with Crippen LogP contribution >= 0.6 is 0 Å². The number of nitriles is 1. The lowest BCUT2D eigenvalue weighted by molar-refractivity contribution is 0.0958. The number of nitrogens with zero attached hydrogens (tertiary/aromatic N) is 2. The fourth-order valence-electron chi connectivity index (χ4n) is 2.95. The van der Waals surface area contributed by atoms with Crippen LogP contribution in [0, 0.1) is 11.3 Å². The van der Waals surface area contributed by atoms with Gasteiger partial charge in [0, 0.05) is 5.56 Å². The Morgan fingerprint density at radius 3 is 2.78 bits per heavy atom. The zero-order chi connectivity index (χ0) is 15.8. The van der Waals surface area contributed by atoms with Crippen molar-refractivity contribution in [1.29, 1.82) is 5.26 Å². The number of amides is 1. The molecule has 0 bridgehead atoms. The third-order valence-corrected chi connectivity index (χ3v) is 4.01. The SMILES string of the molecule is N#CC1C=Cc2c(ccc3ccccc23)N1C(=O)c1ccco1. The fourth-order valence-corrected chi connectivity index (χ4v) is 2.95. The molecule has 1 atom stereocenters. The summed E-state index contributed by atoms with van der Waals surface area (Å²) in [5, 5.41) is 11.6. The second-order valence-corrected chi connectivity index (χ2v) is 5.31. The molecule has 2 heterocycles. The first kappa shape index (κ1) is 13.4.